The topological polar surface area (TPSA) is 86.6 Å². The highest BCUT2D eigenvalue weighted by Gasteiger charge is 2.60. The first kappa shape index (κ1) is 23.1. The van der Waals surface area contributed by atoms with E-state index < -0.39 is 5.97 Å². The normalized spacial score (nSPS) is 45.2. The minimum atomic E-state index is -0.986. The first-order chi connectivity index (χ1) is 14.6. The molecule has 1 amide bonds. The second-order valence-corrected chi connectivity index (χ2v) is 12.0. The predicted octanol–water partition coefficient (Wildman–Crippen LogP) is 4.62. The summed E-state index contributed by atoms with van der Waals surface area (Å²) in [6, 6.07) is 0. The van der Waals surface area contributed by atoms with Crippen LogP contribution in [0, 0.1) is 46.3 Å². The van der Waals surface area contributed by atoms with Gasteiger partial charge in [-0.25, -0.2) is 0 Å². The van der Waals surface area contributed by atoms with Crippen molar-refractivity contribution in [2.75, 3.05) is 6.54 Å². The number of carbonyl (C=O) groups excluding carboxylic acids is 1. The lowest BCUT2D eigenvalue weighted by Gasteiger charge is -2.61. The number of nitrogens with one attached hydrogen (secondary N) is 1. The molecule has 0 aromatic rings. The number of aliphatic hydroxyl groups is 1. The Kier molecular flexibility index (Phi) is 6.46. The fraction of sp³-hybridized carbons (Fsp3) is 0.923. The van der Waals surface area contributed by atoms with Crippen LogP contribution in [0.5, 0.6) is 0 Å². The summed E-state index contributed by atoms with van der Waals surface area (Å²) in [5, 5.41) is 21.5. The summed E-state index contributed by atoms with van der Waals surface area (Å²) in [5.74, 6) is 3.23. The van der Waals surface area contributed by atoms with Crippen molar-refractivity contribution < 1.29 is 19.8 Å². The molecule has 4 aliphatic rings. The van der Waals surface area contributed by atoms with Gasteiger partial charge in [0.25, 0.3) is 0 Å². The van der Waals surface area contributed by atoms with Crippen molar-refractivity contribution in [3.8, 4) is 0 Å². The van der Waals surface area contributed by atoms with E-state index in [9.17, 15) is 14.7 Å². The molecular formula is C26H43NO4. The van der Waals surface area contributed by atoms with Crippen LogP contribution < -0.4 is 5.32 Å². The highest BCUT2D eigenvalue weighted by atomic mass is 16.4. The molecule has 4 fully saturated rings. The Morgan fingerprint density at radius 3 is 2.45 bits per heavy atom. The van der Waals surface area contributed by atoms with E-state index in [1.54, 1.807) is 0 Å². The van der Waals surface area contributed by atoms with Crippen LogP contribution in [0.15, 0.2) is 0 Å². The number of carboxylic acid groups (broad SMARTS) is 1. The average molecular weight is 434 g/mol. The van der Waals surface area contributed by atoms with Gasteiger partial charge in [-0.15, -0.1) is 0 Å². The molecule has 9 atom stereocenters. The molecule has 0 heterocycles. The van der Waals surface area contributed by atoms with Gasteiger partial charge in [0.1, 0.15) is 6.54 Å². The number of carbonyl (C=O) groups is 2. The van der Waals surface area contributed by atoms with Gasteiger partial charge in [0.15, 0.2) is 0 Å². The van der Waals surface area contributed by atoms with Crippen LogP contribution in [0.4, 0.5) is 0 Å². The molecule has 0 aliphatic heterocycles. The molecule has 0 aromatic heterocycles. The van der Waals surface area contributed by atoms with Crippen LogP contribution in [0.1, 0.15) is 91.4 Å². The maximum Gasteiger partial charge on any atom is 0.322 e. The molecule has 0 radical (unpaired) electrons. The van der Waals surface area contributed by atoms with Crippen molar-refractivity contribution >= 4 is 11.9 Å². The molecule has 4 rings (SSSR count). The van der Waals surface area contributed by atoms with Crippen molar-refractivity contribution in [1.82, 2.24) is 5.32 Å². The lowest BCUT2D eigenvalue weighted by atomic mass is 9.44. The van der Waals surface area contributed by atoms with Gasteiger partial charge in [0.05, 0.1) is 6.10 Å². The zero-order valence-electron chi connectivity index (χ0n) is 19.7. The van der Waals surface area contributed by atoms with Gasteiger partial charge in [-0.2, -0.15) is 0 Å². The molecular weight excluding hydrogens is 390 g/mol. The summed E-state index contributed by atoms with van der Waals surface area (Å²) in [4.78, 5) is 22.7. The minimum absolute atomic E-state index is 0.0760. The molecule has 0 aromatic carbocycles. The Bertz CT molecular complexity index is 695. The van der Waals surface area contributed by atoms with E-state index >= 15 is 0 Å². The molecule has 4 aliphatic carbocycles. The third-order valence-corrected chi connectivity index (χ3v) is 10.7. The Morgan fingerprint density at radius 1 is 1.00 bits per heavy atom. The molecule has 31 heavy (non-hydrogen) atoms. The molecule has 0 unspecified atom stereocenters. The van der Waals surface area contributed by atoms with Gasteiger partial charge in [-0.1, -0.05) is 20.8 Å². The Morgan fingerprint density at radius 2 is 1.71 bits per heavy atom. The Hall–Kier alpha value is -1.10. The van der Waals surface area contributed by atoms with Gasteiger partial charge in [0.2, 0.25) is 5.91 Å². The number of fused-ring (bicyclic) bond motifs is 5. The lowest BCUT2D eigenvalue weighted by molar-refractivity contribution is -0.138. The summed E-state index contributed by atoms with van der Waals surface area (Å²) in [6.45, 7) is 7.13. The maximum atomic E-state index is 12.0. The lowest BCUT2D eigenvalue weighted by Crippen LogP contribution is -2.54. The fourth-order valence-electron chi connectivity index (χ4n) is 9.03. The van der Waals surface area contributed by atoms with Crippen LogP contribution >= 0.6 is 0 Å². The molecule has 4 saturated carbocycles. The number of carboxylic acids is 1. The molecule has 176 valence electrons. The molecule has 5 heteroatoms. The van der Waals surface area contributed by atoms with E-state index in [0.29, 0.717) is 35.0 Å². The van der Waals surface area contributed by atoms with Crippen LogP contribution in [0.25, 0.3) is 0 Å². The van der Waals surface area contributed by atoms with Crippen molar-refractivity contribution in [2.24, 2.45) is 46.3 Å². The van der Waals surface area contributed by atoms with Crippen molar-refractivity contribution in [3.05, 3.63) is 0 Å². The second-order valence-electron chi connectivity index (χ2n) is 12.0. The van der Waals surface area contributed by atoms with Crippen LogP contribution in [-0.4, -0.2) is 34.7 Å². The first-order valence-electron chi connectivity index (χ1n) is 12.8. The number of hydrogen-bond donors (Lipinski definition) is 3. The van der Waals surface area contributed by atoms with E-state index in [-0.39, 0.29) is 18.6 Å². The van der Waals surface area contributed by atoms with Gasteiger partial charge < -0.3 is 15.5 Å². The largest absolute Gasteiger partial charge is 0.480 e. The third kappa shape index (κ3) is 4.16. The fourth-order valence-corrected chi connectivity index (χ4v) is 9.03. The van der Waals surface area contributed by atoms with Gasteiger partial charge in [0, 0.05) is 6.42 Å². The van der Waals surface area contributed by atoms with Crippen LogP contribution in [-0.2, 0) is 9.59 Å². The SMILES string of the molecule is C[C@H](CCC(=O)NCC(=O)O)[C@H]1CC[C@H]2[C@@H]3CC[C@H]4C[C@H](O)CC[C@]4(C)[C@H]3CC[C@]12C. The second kappa shape index (κ2) is 8.68. The minimum Gasteiger partial charge on any atom is -0.480 e. The number of aliphatic hydroxyl groups excluding tert-OH is 1. The smallest absolute Gasteiger partial charge is 0.322 e. The number of aliphatic carboxylic acids is 1. The summed E-state index contributed by atoms with van der Waals surface area (Å²) in [5.41, 5.74) is 0.810. The zero-order chi connectivity index (χ0) is 22.4. The molecule has 0 saturated heterocycles. The van der Waals surface area contributed by atoms with Crippen LogP contribution in [0.3, 0.4) is 0 Å². The first-order valence-corrected chi connectivity index (χ1v) is 12.8. The quantitative estimate of drug-likeness (QED) is 0.570. The monoisotopic (exact) mass is 433 g/mol. The molecule has 3 N–H and O–H groups in total. The van der Waals surface area contributed by atoms with E-state index in [1.165, 1.54) is 44.9 Å². The number of amides is 1. The van der Waals surface area contributed by atoms with E-state index in [2.05, 4.69) is 26.1 Å². The van der Waals surface area contributed by atoms with Crippen molar-refractivity contribution in [3.63, 3.8) is 0 Å². The molecule has 0 bridgehead atoms. The highest BCUT2D eigenvalue weighted by molar-refractivity contribution is 5.81. The Labute approximate surface area is 187 Å². The number of hydrogen-bond acceptors (Lipinski definition) is 3. The van der Waals surface area contributed by atoms with Gasteiger partial charge >= 0.3 is 5.97 Å². The van der Waals surface area contributed by atoms with Crippen molar-refractivity contribution in [1.29, 1.82) is 0 Å². The summed E-state index contributed by atoms with van der Waals surface area (Å²) in [7, 11) is 0. The zero-order valence-corrected chi connectivity index (χ0v) is 19.7. The highest BCUT2D eigenvalue weighted by Crippen LogP contribution is 2.68. The van der Waals surface area contributed by atoms with E-state index in [1.807, 2.05) is 0 Å². The van der Waals surface area contributed by atoms with Gasteiger partial charge in [-0.05, 0) is 111 Å². The standard InChI is InChI=1S/C26H43NO4/c1-16(4-9-23(29)27-15-24(30)31)20-7-8-21-19-6-5-17-14-18(28)10-12-25(17,2)22(19)11-13-26(20,21)3/h16-22,28H,4-15H2,1-3H3,(H,27,29)(H,30,31)/t16-,17+,18-,19+,20-,21+,22+,25+,26-/m1/s1. The maximum absolute atomic E-state index is 12.0. The Balaban J connectivity index is 1.40. The third-order valence-electron chi connectivity index (χ3n) is 10.7. The molecule has 0 spiro atoms. The summed E-state index contributed by atoms with van der Waals surface area (Å²) < 4.78 is 0. The summed E-state index contributed by atoms with van der Waals surface area (Å²) >= 11 is 0. The number of rotatable bonds is 6. The average Bonchev–Trinajstić information content (AvgIpc) is 3.08. The van der Waals surface area contributed by atoms with Gasteiger partial charge in [-0.3, -0.25) is 9.59 Å². The molecule has 5 nitrogen and oxygen atoms in total. The van der Waals surface area contributed by atoms with E-state index in [0.717, 1.165) is 37.0 Å². The predicted molar refractivity (Wildman–Crippen MR) is 120 cm³/mol. The van der Waals surface area contributed by atoms with Crippen LogP contribution in [0.2, 0.25) is 0 Å². The van der Waals surface area contributed by atoms with Crippen molar-refractivity contribution in [2.45, 2.75) is 97.5 Å². The summed E-state index contributed by atoms with van der Waals surface area (Å²) in [6.07, 6.45) is 12.3. The van der Waals surface area contributed by atoms with E-state index in [4.69, 9.17) is 5.11 Å².